The number of unbranched alkanes of at least 4 members (excludes halogenated alkanes) is 1. The van der Waals surface area contributed by atoms with Crippen LogP contribution in [-0.2, 0) is 14.2 Å². The van der Waals surface area contributed by atoms with E-state index in [-0.39, 0.29) is 11.0 Å². The van der Waals surface area contributed by atoms with Crippen molar-refractivity contribution >= 4 is 17.1 Å². The number of carbonyl (C=O) groups is 1. The van der Waals surface area contributed by atoms with Gasteiger partial charge in [-0.25, -0.2) is 9.59 Å². The van der Waals surface area contributed by atoms with Crippen molar-refractivity contribution in [3.8, 4) is 5.75 Å². The summed E-state index contributed by atoms with van der Waals surface area (Å²) in [6, 6.07) is 8.47. The van der Waals surface area contributed by atoms with Crippen LogP contribution in [0.3, 0.4) is 0 Å². The van der Waals surface area contributed by atoms with Crippen LogP contribution in [-0.4, -0.2) is 39.2 Å². The Labute approximate surface area is 150 Å². The molecule has 7 heteroatoms. The van der Waals surface area contributed by atoms with Crippen LogP contribution in [0.25, 0.3) is 11.0 Å². The van der Waals surface area contributed by atoms with Crippen LogP contribution < -0.4 is 10.4 Å². The van der Waals surface area contributed by atoms with E-state index < -0.39 is 6.16 Å². The second-order valence-corrected chi connectivity index (χ2v) is 6.70. The molecule has 1 aliphatic heterocycles. The quantitative estimate of drug-likeness (QED) is 0.405. The van der Waals surface area contributed by atoms with Crippen molar-refractivity contribution in [2.45, 2.75) is 19.8 Å². The number of fused-ring (bicyclic) bond motifs is 1. The van der Waals surface area contributed by atoms with Gasteiger partial charge in [0.1, 0.15) is 24.5 Å². The van der Waals surface area contributed by atoms with Gasteiger partial charge in [0, 0.05) is 18.1 Å². The minimum atomic E-state index is -0.615. The van der Waals surface area contributed by atoms with Gasteiger partial charge in [0.25, 0.3) is 0 Å². The molecule has 1 saturated heterocycles. The highest BCUT2D eigenvalue weighted by Crippen LogP contribution is 2.23. The smallest absolute Gasteiger partial charge is 0.494 e. The van der Waals surface area contributed by atoms with Gasteiger partial charge in [0.15, 0.2) is 0 Å². The Morgan fingerprint density at radius 3 is 2.62 bits per heavy atom. The number of carbonyl (C=O) groups excluding carboxylic acids is 1. The molecule has 1 aromatic carbocycles. The second-order valence-electron chi connectivity index (χ2n) is 6.70. The van der Waals surface area contributed by atoms with Gasteiger partial charge >= 0.3 is 11.8 Å². The van der Waals surface area contributed by atoms with Crippen molar-refractivity contribution < 1.29 is 28.2 Å². The number of ether oxygens (including phenoxy) is 4. The Bertz CT molecular complexity index is 801. The molecule has 140 valence electrons. The average Bonchev–Trinajstić information content (AvgIpc) is 2.64. The van der Waals surface area contributed by atoms with Gasteiger partial charge in [-0.05, 0) is 37.1 Å². The molecule has 0 N–H and O–H groups in total. The lowest BCUT2D eigenvalue weighted by Crippen LogP contribution is -2.40. The Balaban J connectivity index is 1.32. The Morgan fingerprint density at radius 1 is 1.04 bits per heavy atom. The highest BCUT2D eigenvalue weighted by Gasteiger charge is 2.33. The normalized spacial score (nSPS) is 16.1. The number of hydrogen-bond donors (Lipinski definition) is 0. The minimum Gasteiger partial charge on any atom is -0.494 e. The first kappa shape index (κ1) is 18.3. The minimum absolute atomic E-state index is 0.287. The fourth-order valence-corrected chi connectivity index (χ4v) is 2.59. The van der Waals surface area contributed by atoms with E-state index in [9.17, 15) is 9.59 Å². The van der Waals surface area contributed by atoms with Crippen LogP contribution in [0.15, 0.2) is 39.5 Å². The molecule has 0 saturated carbocycles. The van der Waals surface area contributed by atoms with E-state index in [0.717, 1.165) is 24.0 Å². The Morgan fingerprint density at radius 2 is 1.81 bits per heavy atom. The maximum atomic E-state index is 11.2. The van der Waals surface area contributed by atoms with E-state index in [0.29, 0.717) is 38.6 Å². The van der Waals surface area contributed by atoms with Gasteiger partial charge in [-0.2, -0.15) is 0 Å². The lowest BCUT2D eigenvalue weighted by Gasteiger charge is -2.31. The molecular weight excluding hydrogens is 340 g/mol. The van der Waals surface area contributed by atoms with Gasteiger partial charge in [-0.3, -0.25) is 0 Å². The first-order chi connectivity index (χ1) is 12.5. The van der Waals surface area contributed by atoms with Gasteiger partial charge < -0.3 is 23.4 Å². The summed E-state index contributed by atoms with van der Waals surface area (Å²) in [6.07, 6.45) is 1.10. The van der Waals surface area contributed by atoms with Crippen molar-refractivity contribution in [3.63, 3.8) is 0 Å². The number of rotatable bonds is 8. The van der Waals surface area contributed by atoms with Crippen molar-refractivity contribution in [3.05, 3.63) is 40.8 Å². The molecule has 0 amide bonds. The molecule has 0 bridgehead atoms. The lowest BCUT2D eigenvalue weighted by molar-refractivity contribution is -0.0853. The third kappa shape index (κ3) is 4.98. The summed E-state index contributed by atoms with van der Waals surface area (Å²) in [6.45, 7) is 4.26. The molecule has 0 unspecified atom stereocenters. The Hall–Kier alpha value is -2.54. The monoisotopic (exact) mass is 362 g/mol. The molecule has 1 fully saturated rings. The SMILES string of the molecule is CC1(COCCCCOc2ccc3oc(=O)ccc3c2)COC(=O)OC1. The number of hydrogen-bond acceptors (Lipinski definition) is 7. The summed E-state index contributed by atoms with van der Waals surface area (Å²) in [4.78, 5) is 22.0. The highest BCUT2D eigenvalue weighted by molar-refractivity contribution is 5.77. The Kier molecular flexibility index (Phi) is 5.78. The van der Waals surface area contributed by atoms with Crippen molar-refractivity contribution in [1.29, 1.82) is 0 Å². The van der Waals surface area contributed by atoms with Crippen LogP contribution in [0.5, 0.6) is 5.75 Å². The van der Waals surface area contributed by atoms with E-state index in [1.807, 2.05) is 13.0 Å². The van der Waals surface area contributed by atoms with Crippen LogP contribution in [0.2, 0.25) is 0 Å². The topological polar surface area (TPSA) is 84.2 Å². The predicted molar refractivity (Wildman–Crippen MR) is 93.4 cm³/mol. The zero-order chi connectivity index (χ0) is 18.4. The van der Waals surface area contributed by atoms with E-state index in [1.165, 1.54) is 6.07 Å². The second kappa shape index (κ2) is 8.23. The first-order valence-electron chi connectivity index (χ1n) is 8.58. The summed E-state index contributed by atoms with van der Waals surface area (Å²) in [5.74, 6) is 0.737. The molecule has 0 radical (unpaired) electrons. The third-order valence-corrected chi connectivity index (χ3v) is 4.07. The van der Waals surface area contributed by atoms with Gasteiger partial charge in [0.05, 0.1) is 18.6 Å². The average molecular weight is 362 g/mol. The summed E-state index contributed by atoms with van der Waals surface area (Å²) < 4.78 is 26.2. The van der Waals surface area contributed by atoms with E-state index in [4.69, 9.17) is 23.4 Å². The number of cyclic esters (lactones) is 2. The van der Waals surface area contributed by atoms with Gasteiger partial charge in [-0.1, -0.05) is 6.92 Å². The maximum Gasteiger partial charge on any atom is 0.508 e. The summed E-state index contributed by atoms with van der Waals surface area (Å²) in [5.41, 5.74) is -0.105. The highest BCUT2D eigenvalue weighted by atomic mass is 16.7. The van der Waals surface area contributed by atoms with Crippen LogP contribution in [0.1, 0.15) is 19.8 Å². The van der Waals surface area contributed by atoms with E-state index in [2.05, 4.69) is 0 Å². The third-order valence-electron chi connectivity index (χ3n) is 4.07. The zero-order valence-corrected chi connectivity index (χ0v) is 14.7. The summed E-state index contributed by atoms with van der Waals surface area (Å²) in [7, 11) is 0. The molecule has 0 spiro atoms. The lowest BCUT2D eigenvalue weighted by atomic mass is 9.94. The molecule has 1 aromatic heterocycles. The molecule has 7 nitrogen and oxygen atoms in total. The van der Waals surface area contributed by atoms with E-state index >= 15 is 0 Å². The molecule has 3 rings (SSSR count). The zero-order valence-electron chi connectivity index (χ0n) is 14.7. The van der Waals surface area contributed by atoms with Crippen molar-refractivity contribution in [2.75, 3.05) is 33.0 Å². The standard InChI is InChI=1S/C19H22O7/c1-19(12-24-18(21)25-13-19)11-22-8-2-3-9-23-15-5-6-16-14(10-15)4-7-17(20)26-16/h4-7,10H,2-3,8-9,11-13H2,1H3. The molecule has 2 aromatic rings. The fraction of sp³-hybridized carbons (Fsp3) is 0.474. The van der Waals surface area contributed by atoms with E-state index in [1.54, 1.807) is 18.2 Å². The van der Waals surface area contributed by atoms with Crippen molar-refractivity contribution in [2.24, 2.45) is 5.41 Å². The summed E-state index contributed by atoms with van der Waals surface area (Å²) >= 11 is 0. The molecule has 26 heavy (non-hydrogen) atoms. The first-order valence-corrected chi connectivity index (χ1v) is 8.58. The van der Waals surface area contributed by atoms with Gasteiger partial charge in [-0.15, -0.1) is 0 Å². The molecule has 0 atom stereocenters. The van der Waals surface area contributed by atoms with Gasteiger partial charge in [0.2, 0.25) is 0 Å². The van der Waals surface area contributed by atoms with Crippen molar-refractivity contribution in [1.82, 2.24) is 0 Å². The maximum absolute atomic E-state index is 11.2. The van der Waals surface area contributed by atoms with Crippen LogP contribution in [0, 0.1) is 5.41 Å². The predicted octanol–water partition coefficient (Wildman–Crippen LogP) is 3.14. The van der Waals surface area contributed by atoms with Crippen LogP contribution >= 0.6 is 0 Å². The fourth-order valence-electron chi connectivity index (χ4n) is 2.59. The molecule has 0 aliphatic carbocycles. The largest absolute Gasteiger partial charge is 0.508 e. The number of benzene rings is 1. The van der Waals surface area contributed by atoms with Crippen LogP contribution in [0.4, 0.5) is 4.79 Å². The molecular formula is C19H22O7. The molecule has 1 aliphatic rings. The summed E-state index contributed by atoms with van der Waals surface area (Å²) in [5, 5.41) is 0.828. The molecule has 2 heterocycles.